The Labute approximate surface area is 167 Å². The predicted octanol–water partition coefficient (Wildman–Crippen LogP) is 4.56. The summed E-state index contributed by atoms with van der Waals surface area (Å²) in [5.41, 5.74) is 0.703. The first-order valence-corrected chi connectivity index (χ1v) is 8.91. The van der Waals surface area contributed by atoms with Crippen molar-refractivity contribution in [3.05, 3.63) is 65.2 Å². The first-order valence-electron chi connectivity index (χ1n) is 8.91. The predicted molar refractivity (Wildman–Crippen MR) is 102 cm³/mol. The van der Waals surface area contributed by atoms with Crippen LogP contribution in [0.4, 0.5) is 13.2 Å². The minimum atomic E-state index is -4.39. The molecule has 0 saturated carbocycles. The van der Waals surface area contributed by atoms with E-state index >= 15 is 0 Å². The summed E-state index contributed by atoms with van der Waals surface area (Å²) in [7, 11) is 0. The molecule has 0 fully saturated rings. The summed E-state index contributed by atoms with van der Waals surface area (Å²) in [4.78, 5) is 11.3. The van der Waals surface area contributed by atoms with Crippen LogP contribution in [0.2, 0.25) is 0 Å². The highest BCUT2D eigenvalue weighted by Gasteiger charge is 2.30. The van der Waals surface area contributed by atoms with E-state index in [2.05, 4.69) is 11.8 Å². The maximum atomic E-state index is 12.5. The molecule has 1 unspecified atom stereocenters. The minimum Gasteiger partial charge on any atom is -0.481 e. The number of rotatable bonds is 7. The number of halogens is 3. The van der Waals surface area contributed by atoms with Crippen molar-refractivity contribution in [1.29, 1.82) is 0 Å². The lowest BCUT2D eigenvalue weighted by Gasteiger charge is -2.16. The molecule has 29 heavy (non-hydrogen) atoms. The summed E-state index contributed by atoms with van der Waals surface area (Å²) in [6, 6.07) is 11.5. The van der Waals surface area contributed by atoms with E-state index in [9.17, 15) is 23.1 Å². The molecule has 0 aliphatic carbocycles. The lowest BCUT2D eigenvalue weighted by molar-refractivity contribution is -0.153. The van der Waals surface area contributed by atoms with Crippen LogP contribution in [0.25, 0.3) is 0 Å². The van der Waals surface area contributed by atoms with Crippen molar-refractivity contribution < 1.29 is 32.5 Å². The third-order valence-electron chi connectivity index (χ3n) is 3.79. The van der Waals surface area contributed by atoms with E-state index in [0.29, 0.717) is 5.56 Å². The number of hydrogen-bond acceptors (Lipinski definition) is 3. The van der Waals surface area contributed by atoms with Gasteiger partial charge in [-0.1, -0.05) is 24.0 Å². The molecule has 1 atom stereocenters. The third-order valence-corrected chi connectivity index (χ3v) is 3.79. The molecule has 0 bridgehead atoms. The molecular weight excluding hydrogens is 385 g/mol. The fraction of sp³-hybridized carbons (Fsp3) is 0.318. The van der Waals surface area contributed by atoms with E-state index in [1.54, 1.807) is 38.1 Å². The van der Waals surface area contributed by atoms with Crippen molar-refractivity contribution in [1.82, 2.24) is 0 Å². The number of benzene rings is 2. The monoisotopic (exact) mass is 406 g/mol. The summed E-state index contributed by atoms with van der Waals surface area (Å²) >= 11 is 0. The zero-order valence-corrected chi connectivity index (χ0v) is 16.0. The molecule has 2 rings (SSSR count). The number of alkyl halides is 3. The standard InChI is InChI=1S/C22H21F3O4/c1-15(2)29-20(21(26)27)14-17-6-3-5-16(13-17)7-4-12-28-19-10-8-18(9-11-19)22(23,24)25/h3,5-6,8-11,13,15,20H,12,14H2,1-2H3,(H,26,27). The normalized spacial score (nSPS) is 12.2. The number of aliphatic carboxylic acids is 1. The number of hydrogen-bond donors (Lipinski definition) is 1. The SMILES string of the molecule is CC(C)OC(Cc1cccc(C#CCOc2ccc(C(F)(F)F)cc2)c1)C(=O)O. The van der Waals surface area contributed by atoms with E-state index < -0.39 is 23.8 Å². The van der Waals surface area contributed by atoms with Crippen LogP contribution < -0.4 is 4.74 Å². The highest BCUT2D eigenvalue weighted by molar-refractivity contribution is 5.72. The first-order chi connectivity index (χ1) is 13.6. The second-order valence-electron chi connectivity index (χ2n) is 6.53. The number of ether oxygens (including phenoxy) is 2. The van der Waals surface area contributed by atoms with E-state index in [1.807, 2.05) is 0 Å². The smallest absolute Gasteiger partial charge is 0.416 e. The Morgan fingerprint density at radius 1 is 1.14 bits per heavy atom. The van der Waals surface area contributed by atoms with Gasteiger partial charge in [-0.05, 0) is 55.8 Å². The van der Waals surface area contributed by atoms with E-state index in [-0.39, 0.29) is 24.9 Å². The lowest BCUT2D eigenvalue weighted by atomic mass is 10.0. The van der Waals surface area contributed by atoms with Gasteiger partial charge in [0.15, 0.2) is 6.10 Å². The lowest BCUT2D eigenvalue weighted by Crippen LogP contribution is -2.29. The van der Waals surface area contributed by atoms with Gasteiger partial charge in [-0.3, -0.25) is 0 Å². The molecule has 2 aromatic rings. The van der Waals surface area contributed by atoms with Crippen molar-refractivity contribution in [2.45, 2.75) is 38.7 Å². The maximum Gasteiger partial charge on any atom is 0.416 e. The molecule has 2 aromatic carbocycles. The van der Waals surface area contributed by atoms with Gasteiger partial charge in [-0.25, -0.2) is 4.79 Å². The quantitative estimate of drug-likeness (QED) is 0.685. The van der Waals surface area contributed by atoms with Crippen LogP contribution in [0.3, 0.4) is 0 Å². The Morgan fingerprint density at radius 3 is 2.41 bits per heavy atom. The molecule has 0 radical (unpaired) electrons. The molecule has 1 N–H and O–H groups in total. The van der Waals surface area contributed by atoms with E-state index in [0.717, 1.165) is 17.7 Å². The zero-order chi connectivity index (χ0) is 21.4. The summed E-state index contributed by atoms with van der Waals surface area (Å²) in [6.45, 7) is 3.55. The van der Waals surface area contributed by atoms with Crippen LogP contribution in [-0.4, -0.2) is 29.9 Å². The second kappa shape index (κ2) is 9.99. The van der Waals surface area contributed by atoms with Crippen LogP contribution in [0.5, 0.6) is 5.75 Å². The van der Waals surface area contributed by atoms with Gasteiger partial charge < -0.3 is 14.6 Å². The van der Waals surface area contributed by atoms with Gasteiger partial charge in [0.1, 0.15) is 12.4 Å². The molecule has 0 amide bonds. The Morgan fingerprint density at radius 2 is 1.83 bits per heavy atom. The Kier molecular flexibility index (Phi) is 7.68. The largest absolute Gasteiger partial charge is 0.481 e. The first kappa shape index (κ1) is 22.3. The van der Waals surface area contributed by atoms with E-state index in [1.165, 1.54) is 12.1 Å². The van der Waals surface area contributed by atoms with Crippen LogP contribution in [0.1, 0.15) is 30.5 Å². The summed E-state index contributed by atoms with van der Waals surface area (Å²) < 4.78 is 48.3. The van der Waals surface area contributed by atoms with Crippen LogP contribution >= 0.6 is 0 Å². The number of carboxylic acids is 1. The molecule has 0 spiro atoms. The van der Waals surface area contributed by atoms with Crippen molar-refractivity contribution in [2.75, 3.05) is 6.61 Å². The summed E-state index contributed by atoms with van der Waals surface area (Å²) in [6.07, 6.45) is -5.32. The average molecular weight is 406 g/mol. The molecule has 0 saturated heterocycles. The van der Waals surface area contributed by atoms with Crippen LogP contribution in [0.15, 0.2) is 48.5 Å². The van der Waals surface area contributed by atoms with Crippen molar-refractivity contribution >= 4 is 5.97 Å². The molecular formula is C22H21F3O4. The number of carboxylic acid groups (broad SMARTS) is 1. The molecule has 154 valence electrons. The maximum absolute atomic E-state index is 12.5. The van der Waals surface area contributed by atoms with Gasteiger partial charge in [-0.15, -0.1) is 0 Å². The topological polar surface area (TPSA) is 55.8 Å². The number of carbonyl (C=O) groups is 1. The Hall–Kier alpha value is -2.98. The van der Waals surface area contributed by atoms with E-state index in [4.69, 9.17) is 9.47 Å². The second-order valence-corrected chi connectivity index (χ2v) is 6.53. The van der Waals surface area contributed by atoms with Gasteiger partial charge >= 0.3 is 12.1 Å². The minimum absolute atomic E-state index is 0.00377. The van der Waals surface area contributed by atoms with Crippen molar-refractivity contribution in [2.24, 2.45) is 0 Å². The molecule has 7 heteroatoms. The molecule has 0 aromatic heterocycles. The Bertz CT molecular complexity index is 877. The highest BCUT2D eigenvalue weighted by atomic mass is 19.4. The fourth-order valence-corrected chi connectivity index (χ4v) is 2.51. The van der Waals surface area contributed by atoms with Crippen molar-refractivity contribution in [3.63, 3.8) is 0 Å². The summed E-state index contributed by atoms with van der Waals surface area (Å²) in [5.74, 6) is 4.94. The van der Waals surface area contributed by atoms with Gasteiger partial charge in [-0.2, -0.15) is 13.2 Å². The zero-order valence-electron chi connectivity index (χ0n) is 16.0. The molecule has 0 aliphatic rings. The van der Waals surface area contributed by atoms with Gasteiger partial charge in [0.2, 0.25) is 0 Å². The van der Waals surface area contributed by atoms with Crippen LogP contribution in [0, 0.1) is 11.8 Å². The van der Waals surface area contributed by atoms with Crippen LogP contribution in [-0.2, 0) is 22.1 Å². The molecule has 0 heterocycles. The van der Waals surface area contributed by atoms with Gasteiger partial charge in [0.25, 0.3) is 0 Å². The fourth-order valence-electron chi connectivity index (χ4n) is 2.51. The van der Waals surface area contributed by atoms with Gasteiger partial charge in [0, 0.05) is 12.0 Å². The highest BCUT2D eigenvalue weighted by Crippen LogP contribution is 2.30. The Balaban J connectivity index is 1.95. The summed E-state index contributed by atoms with van der Waals surface area (Å²) in [5, 5.41) is 9.26. The average Bonchev–Trinajstić information content (AvgIpc) is 2.64. The molecule has 4 nitrogen and oxygen atoms in total. The van der Waals surface area contributed by atoms with Crippen molar-refractivity contribution in [3.8, 4) is 17.6 Å². The molecule has 0 aliphatic heterocycles. The third kappa shape index (κ3) is 7.51. The van der Waals surface area contributed by atoms with Gasteiger partial charge in [0.05, 0.1) is 11.7 Å².